The number of benzene rings is 2. The molecule has 2 aliphatic carbocycles. The molecule has 2 aromatic carbocycles. The minimum atomic E-state index is -0.579. The number of aromatic nitrogens is 1. The van der Waals surface area contributed by atoms with Gasteiger partial charge in [0.1, 0.15) is 17.2 Å². The van der Waals surface area contributed by atoms with Gasteiger partial charge in [-0.25, -0.2) is 0 Å². The van der Waals surface area contributed by atoms with Crippen LogP contribution in [-0.4, -0.2) is 98.2 Å². The number of nitrogens with one attached hydrogen (secondary N) is 1. The number of carbonyl (C=O) groups excluding carboxylic acids is 3. The molecule has 8 aliphatic rings. The van der Waals surface area contributed by atoms with E-state index in [2.05, 4.69) is 59.8 Å². The van der Waals surface area contributed by atoms with Crippen LogP contribution in [-0.2, 0) is 41.1 Å². The molecule has 11 atom stereocenters. The molecule has 12 heteroatoms. The number of fused-ring (bicyclic) bond motifs is 7. The summed E-state index contributed by atoms with van der Waals surface area (Å²) in [6, 6.07) is 6.02. The van der Waals surface area contributed by atoms with Crippen LogP contribution in [0.2, 0.25) is 0 Å². The minimum absolute atomic E-state index is 0.0234. The molecule has 3 aromatic rings. The Kier molecular flexibility index (Phi) is 8.27. The lowest BCUT2D eigenvalue weighted by atomic mass is 9.54. The molecule has 6 aliphatic heterocycles. The highest BCUT2D eigenvalue weighted by Crippen LogP contribution is 2.69. The fourth-order valence-corrected chi connectivity index (χ4v) is 13.7. The van der Waals surface area contributed by atoms with Crippen LogP contribution in [0.5, 0.6) is 11.5 Å². The summed E-state index contributed by atoms with van der Waals surface area (Å²) < 4.78 is 32.7. The van der Waals surface area contributed by atoms with E-state index in [9.17, 15) is 14.4 Å². The number of aryl methyl sites for hydroxylation is 1. The number of allylic oxidation sites excluding steroid dienone is 1. The van der Waals surface area contributed by atoms with Crippen LogP contribution < -0.4 is 14.8 Å². The molecule has 308 valence electrons. The van der Waals surface area contributed by atoms with Crippen LogP contribution in [0.25, 0.3) is 22.0 Å². The zero-order valence-electron chi connectivity index (χ0n) is 35.4. The van der Waals surface area contributed by atoms with Crippen molar-refractivity contribution < 1.29 is 38.1 Å². The Balaban J connectivity index is 1.21. The number of anilines is 1. The lowest BCUT2D eigenvalue weighted by Crippen LogP contribution is -2.63. The normalized spacial score (nSPS) is 35.4. The van der Waals surface area contributed by atoms with Crippen LogP contribution in [0.1, 0.15) is 81.3 Å². The highest BCUT2D eigenvalue weighted by Gasteiger charge is 2.74. The average Bonchev–Trinajstić information content (AvgIpc) is 3.82. The third-order valence-corrected chi connectivity index (χ3v) is 16.0. The number of nitrogens with zero attached hydrogens (tertiary/aromatic N) is 3. The molecule has 58 heavy (non-hydrogen) atoms. The number of rotatable bonds is 6. The molecule has 6 fully saturated rings. The van der Waals surface area contributed by atoms with Crippen LogP contribution in [0, 0.1) is 36.5 Å². The van der Waals surface area contributed by atoms with E-state index in [-0.39, 0.29) is 65.7 Å². The number of carbonyl (C=O) groups is 3. The van der Waals surface area contributed by atoms with Gasteiger partial charge < -0.3 is 38.5 Å². The Morgan fingerprint density at radius 1 is 1.02 bits per heavy atom. The standard InChI is InChI=1S/C46H56N4O8/c1-11-24-19-49-15-14-45-29-17-32(55-8)33(22(4)38(29)47-46(45,49)13-12-25(24)37(45)44(53)57-10)27-16-26-30(18-31(27)54-7)48(6)39-34(26)36(43(52)56-9)35-28-20-50(42(51)21(2)3)40(39)41(35)58-23(28)5/h11,16-18,21,23,25,28,35-37,40-41,47H,12-15,19-20H2,1-10H3/b24-11-/t23-,25+,28-,35-,36-,37?,40+,41-,45-,46-/m0/s1. The lowest BCUT2D eigenvalue weighted by molar-refractivity contribution is -0.154. The van der Waals surface area contributed by atoms with E-state index in [4.69, 9.17) is 23.7 Å². The second kappa shape index (κ2) is 12.7. The first-order valence-corrected chi connectivity index (χ1v) is 21.1. The molecule has 11 rings (SSSR count). The Morgan fingerprint density at radius 3 is 2.43 bits per heavy atom. The fourth-order valence-electron chi connectivity index (χ4n) is 13.7. The summed E-state index contributed by atoms with van der Waals surface area (Å²) in [5, 5.41) is 5.03. The molecule has 1 N–H and O–H groups in total. The van der Waals surface area contributed by atoms with E-state index in [1.54, 1.807) is 14.2 Å². The van der Waals surface area contributed by atoms with Gasteiger partial charge in [0.25, 0.3) is 0 Å². The van der Waals surface area contributed by atoms with E-state index in [1.165, 1.54) is 19.8 Å². The Hall–Kier alpha value is -4.55. The molecule has 0 radical (unpaired) electrons. The minimum Gasteiger partial charge on any atom is -0.496 e. The van der Waals surface area contributed by atoms with Crippen molar-refractivity contribution in [2.24, 2.45) is 36.6 Å². The number of esters is 2. The molecule has 8 bridgehead atoms. The largest absolute Gasteiger partial charge is 0.496 e. The van der Waals surface area contributed by atoms with Gasteiger partial charge in [-0.2, -0.15) is 0 Å². The first-order valence-electron chi connectivity index (χ1n) is 21.1. The van der Waals surface area contributed by atoms with Crippen LogP contribution in [0.4, 0.5) is 5.69 Å². The lowest BCUT2D eigenvalue weighted by Gasteiger charge is -2.51. The molecule has 7 heterocycles. The van der Waals surface area contributed by atoms with E-state index in [1.807, 2.05) is 25.8 Å². The molecule has 5 saturated heterocycles. The van der Waals surface area contributed by atoms with E-state index in [0.29, 0.717) is 18.0 Å². The van der Waals surface area contributed by atoms with Gasteiger partial charge in [-0.05, 0) is 74.8 Å². The summed E-state index contributed by atoms with van der Waals surface area (Å²) in [5.74, 6) is -0.201. The number of methoxy groups -OCH3 is 4. The van der Waals surface area contributed by atoms with Crippen molar-refractivity contribution in [3.8, 4) is 22.6 Å². The zero-order chi connectivity index (χ0) is 40.9. The predicted molar refractivity (Wildman–Crippen MR) is 218 cm³/mol. The molecule has 1 saturated carbocycles. The van der Waals surface area contributed by atoms with Gasteiger partial charge in [0.15, 0.2) is 0 Å². The van der Waals surface area contributed by atoms with Gasteiger partial charge in [-0.15, -0.1) is 0 Å². The second-order valence-electron chi connectivity index (χ2n) is 18.2. The Labute approximate surface area is 340 Å². The first-order chi connectivity index (χ1) is 27.8. The highest BCUT2D eigenvalue weighted by atomic mass is 16.5. The maximum absolute atomic E-state index is 14.1. The smallest absolute Gasteiger partial charge is 0.313 e. The summed E-state index contributed by atoms with van der Waals surface area (Å²) in [7, 11) is 8.38. The zero-order valence-corrected chi connectivity index (χ0v) is 35.4. The van der Waals surface area contributed by atoms with Crippen molar-refractivity contribution in [2.75, 3.05) is 53.4 Å². The van der Waals surface area contributed by atoms with Crippen molar-refractivity contribution in [1.29, 1.82) is 0 Å². The topological polar surface area (TPSA) is 121 Å². The number of likely N-dealkylation sites (tertiary alicyclic amines) is 1. The molecule has 1 spiro atoms. The monoisotopic (exact) mass is 792 g/mol. The summed E-state index contributed by atoms with van der Waals surface area (Å²) in [6.45, 7) is 12.4. The van der Waals surface area contributed by atoms with Crippen LogP contribution >= 0.6 is 0 Å². The maximum Gasteiger partial charge on any atom is 0.313 e. The number of piperidine rings is 1. The Bertz CT molecular complexity index is 2350. The van der Waals surface area contributed by atoms with E-state index < -0.39 is 17.0 Å². The van der Waals surface area contributed by atoms with Crippen molar-refractivity contribution >= 4 is 34.4 Å². The van der Waals surface area contributed by atoms with Crippen LogP contribution in [0.3, 0.4) is 0 Å². The van der Waals surface area contributed by atoms with Gasteiger partial charge in [0.2, 0.25) is 5.91 Å². The molecule has 2 unspecified atom stereocenters. The van der Waals surface area contributed by atoms with Gasteiger partial charge in [-0.1, -0.05) is 25.5 Å². The fraction of sp³-hybridized carbons (Fsp3) is 0.587. The molecular formula is C46H56N4O8. The van der Waals surface area contributed by atoms with Gasteiger partial charge in [0.05, 0.1) is 64.0 Å². The predicted octanol–water partition coefficient (Wildman–Crippen LogP) is 6.22. The highest BCUT2D eigenvalue weighted by molar-refractivity contribution is 6.00. The summed E-state index contributed by atoms with van der Waals surface area (Å²) in [5.41, 5.74) is 7.93. The van der Waals surface area contributed by atoms with E-state index in [0.717, 1.165) is 82.5 Å². The van der Waals surface area contributed by atoms with Crippen molar-refractivity contribution in [2.45, 2.75) is 89.1 Å². The number of ether oxygens (including phenoxy) is 5. The maximum atomic E-state index is 14.1. The van der Waals surface area contributed by atoms with Gasteiger partial charge >= 0.3 is 11.9 Å². The molecule has 12 nitrogen and oxygen atoms in total. The summed E-state index contributed by atoms with van der Waals surface area (Å²) in [6.07, 6.45) is 4.41. The third kappa shape index (κ3) is 4.35. The number of amides is 1. The van der Waals surface area contributed by atoms with E-state index >= 15 is 0 Å². The van der Waals surface area contributed by atoms with Crippen LogP contribution in [0.15, 0.2) is 29.8 Å². The molecule has 1 amide bonds. The average molecular weight is 793 g/mol. The van der Waals surface area contributed by atoms with Gasteiger partial charge in [0, 0.05) is 83.8 Å². The first kappa shape index (κ1) is 37.7. The van der Waals surface area contributed by atoms with Crippen molar-refractivity contribution in [3.05, 3.63) is 52.2 Å². The Morgan fingerprint density at radius 2 is 1.76 bits per heavy atom. The quantitative estimate of drug-likeness (QED) is 0.228. The SMILES string of the molecule is C/C=C1/CN2CC[C@@]34c5cc(OC)c(-c6cc7c8c(n(C)c7cc6OC)[C@@H]6[C@H]7O[C@@H](C)[C@H](CN6C(=O)C(C)C)[C@H]7[C@H]8C(=O)OC)c(C)c5N[C@@]23CC[C@H]1C4C(=O)OC. The van der Waals surface area contributed by atoms with Crippen molar-refractivity contribution in [1.82, 2.24) is 14.4 Å². The van der Waals surface area contributed by atoms with Gasteiger partial charge in [-0.3, -0.25) is 19.3 Å². The summed E-state index contributed by atoms with van der Waals surface area (Å²) >= 11 is 0. The second-order valence-corrected chi connectivity index (χ2v) is 18.2. The molecule has 1 aromatic heterocycles. The third-order valence-electron chi connectivity index (χ3n) is 16.0. The number of hydrogen-bond donors (Lipinski definition) is 1. The summed E-state index contributed by atoms with van der Waals surface area (Å²) in [4.78, 5) is 46.8. The molecular weight excluding hydrogens is 737 g/mol. The van der Waals surface area contributed by atoms with Crippen molar-refractivity contribution in [3.63, 3.8) is 0 Å². The number of hydrogen-bond acceptors (Lipinski definition) is 10.